The number of hydrogen-bond acceptors (Lipinski definition) is 0. The van der Waals surface area contributed by atoms with Crippen molar-refractivity contribution in [1.29, 1.82) is 0 Å². The largest absolute Gasteiger partial charge is 0.0616 e. The second-order valence-electron chi connectivity index (χ2n) is 45.1. The molecule has 0 aliphatic rings. The Labute approximate surface area is 864 Å². The van der Waals surface area contributed by atoms with Crippen molar-refractivity contribution in [2.45, 2.75) is 146 Å². The first kappa shape index (κ1) is 89.3. The van der Waals surface area contributed by atoms with E-state index in [0.717, 1.165) is 0 Å². The first-order valence-corrected chi connectivity index (χ1v) is 53.9. The topological polar surface area (TPSA) is 0 Å². The lowest BCUT2D eigenvalue weighted by atomic mass is 9.81. The summed E-state index contributed by atoms with van der Waals surface area (Å²) in [4.78, 5) is 0. The third-order valence-corrected chi connectivity index (χ3v) is 34.4. The summed E-state index contributed by atoms with van der Waals surface area (Å²) in [5.74, 6) is 2.64. The van der Waals surface area contributed by atoms with Gasteiger partial charge in [0.05, 0.1) is 0 Å². The Bertz CT molecular complexity index is 10700. The van der Waals surface area contributed by atoms with E-state index in [1.165, 1.54) is 349 Å². The van der Waals surface area contributed by atoms with E-state index in [2.05, 4.69) is 487 Å². The van der Waals surface area contributed by atoms with Crippen LogP contribution in [0.2, 0.25) is 0 Å². The van der Waals surface area contributed by atoms with Crippen molar-refractivity contribution in [3.8, 4) is 66.8 Å². The second-order valence-corrected chi connectivity index (χ2v) is 45.1. The second kappa shape index (κ2) is 33.6. The Morgan fingerprint density at radius 3 is 0.682 bits per heavy atom. The molecule has 0 fully saturated rings. The van der Waals surface area contributed by atoms with Crippen molar-refractivity contribution in [3.05, 3.63) is 432 Å². The van der Waals surface area contributed by atoms with Crippen LogP contribution in [0.5, 0.6) is 0 Å². The fourth-order valence-corrected chi connectivity index (χ4v) is 27.2. The summed E-state index contributed by atoms with van der Waals surface area (Å²) in [6, 6.07) is 145. The molecule has 30 aromatic carbocycles. The molecule has 0 N–H and O–H groups in total. The number of hydrogen-bond donors (Lipinski definition) is 0. The summed E-state index contributed by atoms with van der Waals surface area (Å²) >= 11 is 0. The number of benzene rings is 24. The highest BCUT2D eigenvalue weighted by atomic mass is 14.4. The van der Waals surface area contributed by atoms with Crippen molar-refractivity contribution in [3.63, 3.8) is 0 Å². The van der Waals surface area contributed by atoms with Crippen LogP contribution in [0.3, 0.4) is 0 Å². The summed E-state index contributed by atoms with van der Waals surface area (Å²) in [6.07, 6.45) is 0. The minimum Gasteiger partial charge on any atom is -0.0616 e. The van der Waals surface area contributed by atoms with Crippen LogP contribution >= 0.6 is 0 Å². The lowest BCUT2D eigenvalue weighted by Gasteiger charge is -2.22. The Kier molecular flexibility index (Phi) is 20.3. The van der Waals surface area contributed by atoms with Crippen molar-refractivity contribution in [2.24, 2.45) is 0 Å². The zero-order chi connectivity index (χ0) is 100. The van der Waals surface area contributed by atoms with Crippen molar-refractivity contribution >= 4 is 226 Å². The van der Waals surface area contributed by atoms with Crippen molar-refractivity contribution in [1.82, 2.24) is 0 Å². The van der Waals surface area contributed by atoms with E-state index in [9.17, 15) is 0 Å². The number of rotatable bonds is 12. The Hall–Kier alpha value is -16.4. The molecule has 0 aromatic heterocycles. The van der Waals surface area contributed by atoms with Crippen LogP contribution in [0.1, 0.15) is 174 Å². The molecular formula is C148H116. The first-order valence-electron chi connectivity index (χ1n) is 53.9. The molecular weight excluding hydrogens is 1780 g/mol. The van der Waals surface area contributed by atoms with E-state index in [0.29, 0.717) is 35.5 Å². The van der Waals surface area contributed by atoms with Gasteiger partial charge in [-0.3, -0.25) is 0 Å². The van der Waals surface area contributed by atoms with Crippen LogP contribution < -0.4 is 0 Å². The standard InChI is InChI=1S/C54H48.C48H36.C46H32/c1-29(2)34-22-35(30(3)4)25-38(24-34)49-47-28-46-41-17-10-9-16-40(41)42-18-13-21-45(51(42)46)52(47)50(39-26-36(31(5)6)23-37(27-39)32(7)8)54-44-20-12-15-33-14-11-19-43(48(33)44)53(49)54;1-27(2)29-18-22-32(23-19-29)43-41-26-40-35-13-6-5-12-34(35)36-14-9-17-39(45(36)40)46(41)44(33-24-20-30(21-25-33)28(3)4)48-38-16-8-11-31-10-7-15-37(42(31)38)47(43)48;1-25-18-20-27(3)36(22-25)43-39-24-38-31-13-6-5-12-30(31)32-14-9-17-35(41(32)38)42(39)46(37-23-26(2)19-21-28(37)4)45-34-16-8-11-29-10-7-15-33(40(29)34)44(43)45/h9-32H,1-8H3;5-28H,1-4H3;5-24H,1-4H3. The minimum absolute atomic E-state index is 0.418. The average molecular weight is 1890 g/mol. The monoisotopic (exact) mass is 1890 g/mol. The summed E-state index contributed by atoms with van der Waals surface area (Å²) in [5, 5.41) is 56.7. The first-order chi connectivity index (χ1) is 72.1. The smallest absolute Gasteiger partial charge is 0.000709 e. The van der Waals surface area contributed by atoms with Crippen LogP contribution in [0.4, 0.5) is 0 Å². The van der Waals surface area contributed by atoms with E-state index in [1.807, 2.05) is 0 Å². The van der Waals surface area contributed by atoms with Gasteiger partial charge in [-0.15, -0.1) is 0 Å². The molecule has 0 bridgehead atoms. The van der Waals surface area contributed by atoms with E-state index in [-0.39, 0.29) is 0 Å². The summed E-state index contributed by atoms with van der Waals surface area (Å²) in [6.45, 7) is 36.9. The predicted molar refractivity (Wildman–Crippen MR) is 650 cm³/mol. The normalized spacial score (nSPS) is 12.6. The third kappa shape index (κ3) is 13.1. The van der Waals surface area contributed by atoms with Gasteiger partial charge < -0.3 is 0 Å². The molecule has 0 amide bonds. The maximum atomic E-state index is 2.59. The lowest BCUT2D eigenvalue weighted by Crippen LogP contribution is -1.98. The van der Waals surface area contributed by atoms with Crippen molar-refractivity contribution < 1.29 is 0 Å². The average Bonchev–Trinajstić information content (AvgIpc) is 1.51. The molecule has 0 unspecified atom stereocenters. The summed E-state index contributed by atoms with van der Waals surface area (Å²) < 4.78 is 0. The van der Waals surface area contributed by atoms with Crippen LogP contribution in [0.15, 0.2) is 376 Å². The maximum absolute atomic E-state index is 2.59. The molecule has 148 heavy (non-hydrogen) atoms. The molecule has 30 rings (SSSR count). The number of fused-ring (bicyclic) bond motifs is 24. The molecule has 0 radical (unpaired) electrons. The van der Waals surface area contributed by atoms with E-state index < -0.39 is 0 Å². The third-order valence-electron chi connectivity index (χ3n) is 34.4. The minimum atomic E-state index is 0.418. The van der Waals surface area contributed by atoms with Gasteiger partial charge in [0.15, 0.2) is 0 Å². The van der Waals surface area contributed by atoms with Gasteiger partial charge in [-0.1, -0.05) is 452 Å². The van der Waals surface area contributed by atoms with Gasteiger partial charge in [0.25, 0.3) is 0 Å². The fraction of sp³-hybridized carbons (Fsp3) is 0.149. The predicted octanol–water partition coefficient (Wildman–Crippen LogP) is 43.9. The SMILES string of the molecule is CC(C)c1cc(-c2c3cc4c5ccccc5c5cccc(c3c(-c3cc(C(C)C)cc(C(C)C)c3)c3c6cccc7cccc(c23)c76)c54)cc(C(C)C)c1.CC(C)c1ccc(-c2c3cc4c5ccccc5c5cccc(c3c(-c3ccc(C(C)C)cc3)c3c6cccc7cccc(c23)c76)c54)cc1.Cc1ccc(C)c(-c2c3cc4c5ccccc5c5cccc(c3c(-c3cc(C)ccc3C)c3c6cccc7cccc(c23)c76)c54)c1. The Balaban J connectivity index is 0.000000107. The molecule has 708 valence electrons. The maximum Gasteiger partial charge on any atom is -0.000709 e. The highest BCUT2D eigenvalue weighted by Crippen LogP contribution is 2.61. The lowest BCUT2D eigenvalue weighted by molar-refractivity contribution is 0.834. The summed E-state index contributed by atoms with van der Waals surface area (Å²) in [7, 11) is 0. The van der Waals surface area contributed by atoms with Crippen LogP contribution in [-0.2, 0) is 0 Å². The van der Waals surface area contributed by atoms with Crippen LogP contribution in [0.25, 0.3) is 293 Å². The highest BCUT2D eigenvalue weighted by molar-refractivity contribution is 6.50. The van der Waals surface area contributed by atoms with Crippen LogP contribution in [0, 0.1) is 27.7 Å². The van der Waals surface area contributed by atoms with Gasteiger partial charge in [0, 0.05) is 0 Å². The highest BCUT2D eigenvalue weighted by Gasteiger charge is 2.34. The molecule has 0 atom stereocenters. The molecule has 0 aliphatic heterocycles. The van der Waals surface area contributed by atoms with E-state index in [1.54, 1.807) is 0 Å². The molecule has 0 spiro atoms. The van der Waals surface area contributed by atoms with Gasteiger partial charge >= 0.3 is 0 Å². The molecule has 0 heteroatoms. The molecule has 0 nitrogen and oxygen atoms in total. The zero-order valence-corrected chi connectivity index (χ0v) is 87.3. The Morgan fingerprint density at radius 2 is 0.358 bits per heavy atom. The summed E-state index contributed by atoms with van der Waals surface area (Å²) in [5.41, 5.74) is 29.6. The van der Waals surface area contributed by atoms with E-state index in [4.69, 9.17) is 0 Å². The van der Waals surface area contributed by atoms with E-state index >= 15 is 0 Å². The van der Waals surface area contributed by atoms with Gasteiger partial charge in [0.2, 0.25) is 0 Å². The Morgan fingerprint density at radius 1 is 0.128 bits per heavy atom. The fourth-order valence-electron chi connectivity index (χ4n) is 27.2. The van der Waals surface area contributed by atoms with Gasteiger partial charge in [-0.2, -0.15) is 0 Å². The van der Waals surface area contributed by atoms with Gasteiger partial charge in [-0.05, 0) is 419 Å². The molecule has 0 saturated carbocycles. The van der Waals surface area contributed by atoms with Crippen molar-refractivity contribution in [2.75, 3.05) is 0 Å². The van der Waals surface area contributed by atoms with Gasteiger partial charge in [0.1, 0.15) is 0 Å². The zero-order valence-electron chi connectivity index (χ0n) is 87.3. The van der Waals surface area contributed by atoms with Gasteiger partial charge in [-0.25, -0.2) is 0 Å². The molecule has 0 saturated heterocycles. The number of aryl methyl sites for hydroxylation is 4. The molecule has 0 aliphatic carbocycles. The molecule has 0 heterocycles. The molecule has 30 aromatic rings. The van der Waals surface area contributed by atoms with Crippen LogP contribution in [-0.4, -0.2) is 0 Å². The quantitative estimate of drug-likeness (QED) is 0.107.